The summed E-state index contributed by atoms with van der Waals surface area (Å²) in [6, 6.07) is 1.01. The van der Waals surface area contributed by atoms with Gasteiger partial charge in [-0.2, -0.15) is 0 Å². The quantitative estimate of drug-likeness (QED) is 0.766. The van der Waals surface area contributed by atoms with Gasteiger partial charge in [-0.15, -0.1) is 0 Å². The van der Waals surface area contributed by atoms with E-state index in [1.54, 1.807) is 0 Å². The summed E-state index contributed by atoms with van der Waals surface area (Å²) >= 11 is 0. The molecule has 0 aromatic carbocycles. The number of nitrogens with one attached hydrogen (secondary N) is 2. The second-order valence-corrected chi connectivity index (χ2v) is 5.62. The van der Waals surface area contributed by atoms with Gasteiger partial charge in [-0.05, 0) is 31.1 Å². The lowest BCUT2D eigenvalue weighted by Crippen LogP contribution is -2.47. The van der Waals surface area contributed by atoms with Gasteiger partial charge in [0, 0.05) is 25.0 Å². The van der Waals surface area contributed by atoms with Crippen LogP contribution in [-0.2, 0) is 4.79 Å². The first-order chi connectivity index (χ1) is 7.66. The third-order valence-electron chi connectivity index (χ3n) is 4.23. The molecule has 3 atom stereocenters. The van der Waals surface area contributed by atoms with Crippen LogP contribution in [-0.4, -0.2) is 24.5 Å². The van der Waals surface area contributed by atoms with Crippen LogP contribution >= 0.6 is 0 Å². The van der Waals surface area contributed by atoms with E-state index in [1.807, 2.05) is 0 Å². The zero-order valence-corrected chi connectivity index (χ0v) is 10.5. The van der Waals surface area contributed by atoms with Crippen LogP contribution in [0.2, 0.25) is 0 Å². The lowest BCUT2D eigenvalue weighted by Gasteiger charge is -2.36. The fourth-order valence-corrected chi connectivity index (χ4v) is 3.19. The van der Waals surface area contributed by atoms with Crippen molar-refractivity contribution in [1.82, 2.24) is 10.6 Å². The highest BCUT2D eigenvalue weighted by Gasteiger charge is 2.28. The van der Waals surface area contributed by atoms with Crippen molar-refractivity contribution in [3.63, 3.8) is 0 Å². The second kappa shape index (κ2) is 5.17. The van der Waals surface area contributed by atoms with Gasteiger partial charge < -0.3 is 10.6 Å². The SMILES string of the molecule is CC1CCCC(C)C1NCC1CCC(=O)N1. The van der Waals surface area contributed by atoms with Gasteiger partial charge in [0.15, 0.2) is 0 Å². The molecular weight excluding hydrogens is 200 g/mol. The molecule has 16 heavy (non-hydrogen) atoms. The molecule has 2 rings (SSSR count). The minimum atomic E-state index is 0.219. The van der Waals surface area contributed by atoms with Crippen molar-refractivity contribution in [1.29, 1.82) is 0 Å². The first kappa shape index (κ1) is 11.9. The van der Waals surface area contributed by atoms with E-state index >= 15 is 0 Å². The van der Waals surface area contributed by atoms with Crippen molar-refractivity contribution in [2.45, 2.75) is 58.0 Å². The predicted octanol–water partition coefficient (Wildman–Crippen LogP) is 1.68. The number of carbonyl (C=O) groups is 1. The van der Waals surface area contributed by atoms with Crippen molar-refractivity contribution in [2.24, 2.45) is 11.8 Å². The van der Waals surface area contributed by atoms with Crippen LogP contribution in [0.25, 0.3) is 0 Å². The molecule has 2 aliphatic rings. The molecule has 3 nitrogen and oxygen atoms in total. The van der Waals surface area contributed by atoms with Crippen molar-refractivity contribution in [3.8, 4) is 0 Å². The molecule has 3 unspecified atom stereocenters. The molecule has 0 radical (unpaired) electrons. The Morgan fingerprint density at radius 3 is 2.50 bits per heavy atom. The number of carbonyl (C=O) groups excluding carboxylic acids is 1. The fourth-order valence-electron chi connectivity index (χ4n) is 3.19. The highest BCUT2D eigenvalue weighted by Crippen LogP contribution is 2.28. The minimum absolute atomic E-state index is 0.219. The van der Waals surface area contributed by atoms with Crippen LogP contribution in [0.5, 0.6) is 0 Å². The molecule has 3 heteroatoms. The topological polar surface area (TPSA) is 41.1 Å². The molecule has 2 N–H and O–H groups in total. The van der Waals surface area contributed by atoms with Gasteiger partial charge in [0.25, 0.3) is 0 Å². The van der Waals surface area contributed by atoms with Crippen molar-refractivity contribution >= 4 is 5.91 Å². The highest BCUT2D eigenvalue weighted by molar-refractivity contribution is 5.78. The Morgan fingerprint density at radius 1 is 1.25 bits per heavy atom. The van der Waals surface area contributed by atoms with Gasteiger partial charge in [0.05, 0.1) is 0 Å². The Labute approximate surface area is 98.4 Å². The van der Waals surface area contributed by atoms with E-state index in [0.717, 1.165) is 24.8 Å². The predicted molar refractivity (Wildman–Crippen MR) is 65.1 cm³/mol. The maximum Gasteiger partial charge on any atom is 0.220 e. The molecule has 0 aromatic heterocycles. The summed E-state index contributed by atoms with van der Waals surface area (Å²) in [6.45, 7) is 5.65. The zero-order chi connectivity index (χ0) is 11.5. The van der Waals surface area contributed by atoms with Crippen LogP contribution in [0.1, 0.15) is 46.0 Å². The number of rotatable bonds is 3. The maximum absolute atomic E-state index is 11.1. The lowest BCUT2D eigenvalue weighted by atomic mass is 9.78. The second-order valence-electron chi connectivity index (χ2n) is 5.62. The molecule has 1 saturated carbocycles. The van der Waals surface area contributed by atoms with E-state index in [0.29, 0.717) is 18.5 Å². The van der Waals surface area contributed by atoms with Crippen LogP contribution in [0, 0.1) is 11.8 Å². The molecule has 1 saturated heterocycles. The summed E-state index contributed by atoms with van der Waals surface area (Å²) in [5.41, 5.74) is 0. The number of hydrogen-bond donors (Lipinski definition) is 2. The molecule has 0 bridgehead atoms. The standard InChI is InChI=1S/C13H24N2O/c1-9-4-3-5-10(2)13(9)14-8-11-6-7-12(16)15-11/h9-11,13-14H,3-8H2,1-2H3,(H,15,16). The number of hydrogen-bond acceptors (Lipinski definition) is 2. The zero-order valence-electron chi connectivity index (χ0n) is 10.5. The maximum atomic E-state index is 11.1. The monoisotopic (exact) mass is 224 g/mol. The molecule has 0 spiro atoms. The largest absolute Gasteiger partial charge is 0.352 e. The average Bonchev–Trinajstić information content (AvgIpc) is 2.63. The molecule has 1 aliphatic carbocycles. The van der Waals surface area contributed by atoms with Gasteiger partial charge in [0.1, 0.15) is 0 Å². The van der Waals surface area contributed by atoms with Gasteiger partial charge in [-0.3, -0.25) is 4.79 Å². The normalized spacial score (nSPS) is 39.8. The van der Waals surface area contributed by atoms with Gasteiger partial charge in [0.2, 0.25) is 5.91 Å². The first-order valence-corrected chi connectivity index (χ1v) is 6.69. The van der Waals surface area contributed by atoms with Gasteiger partial charge in [-0.25, -0.2) is 0 Å². The van der Waals surface area contributed by atoms with E-state index in [-0.39, 0.29) is 5.91 Å². The van der Waals surface area contributed by atoms with Crippen LogP contribution in [0.15, 0.2) is 0 Å². The molecule has 1 heterocycles. The van der Waals surface area contributed by atoms with E-state index in [9.17, 15) is 4.79 Å². The van der Waals surface area contributed by atoms with Crippen molar-refractivity contribution in [2.75, 3.05) is 6.54 Å². The molecule has 92 valence electrons. The third-order valence-corrected chi connectivity index (χ3v) is 4.23. The highest BCUT2D eigenvalue weighted by atomic mass is 16.1. The molecule has 2 fully saturated rings. The lowest BCUT2D eigenvalue weighted by molar-refractivity contribution is -0.119. The summed E-state index contributed by atoms with van der Waals surface area (Å²) in [5, 5.41) is 6.69. The van der Waals surface area contributed by atoms with Crippen LogP contribution in [0.4, 0.5) is 0 Å². The molecular formula is C13H24N2O. The van der Waals surface area contributed by atoms with E-state index in [4.69, 9.17) is 0 Å². The van der Waals surface area contributed by atoms with E-state index in [2.05, 4.69) is 24.5 Å². The summed E-state index contributed by atoms with van der Waals surface area (Å²) in [4.78, 5) is 11.1. The summed E-state index contributed by atoms with van der Waals surface area (Å²) in [6.07, 6.45) is 5.78. The van der Waals surface area contributed by atoms with Crippen molar-refractivity contribution in [3.05, 3.63) is 0 Å². The smallest absolute Gasteiger partial charge is 0.220 e. The first-order valence-electron chi connectivity index (χ1n) is 6.69. The average molecular weight is 224 g/mol. The van der Waals surface area contributed by atoms with E-state index < -0.39 is 0 Å². The molecule has 1 amide bonds. The van der Waals surface area contributed by atoms with Crippen LogP contribution in [0.3, 0.4) is 0 Å². The van der Waals surface area contributed by atoms with Crippen LogP contribution < -0.4 is 10.6 Å². The molecule has 0 aromatic rings. The van der Waals surface area contributed by atoms with Gasteiger partial charge >= 0.3 is 0 Å². The Morgan fingerprint density at radius 2 is 1.94 bits per heavy atom. The third kappa shape index (κ3) is 2.76. The Balaban J connectivity index is 1.77. The Hall–Kier alpha value is -0.570. The summed E-state index contributed by atoms with van der Waals surface area (Å²) in [5.74, 6) is 1.78. The van der Waals surface area contributed by atoms with Gasteiger partial charge in [-0.1, -0.05) is 20.3 Å². The van der Waals surface area contributed by atoms with E-state index in [1.165, 1.54) is 19.3 Å². The Kier molecular flexibility index (Phi) is 3.85. The number of amides is 1. The minimum Gasteiger partial charge on any atom is -0.352 e. The molecule has 1 aliphatic heterocycles. The fraction of sp³-hybridized carbons (Fsp3) is 0.923. The Bertz CT molecular complexity index is 244. The summed E-state index contributed by atoms with van der Waals surface area (Å²) < 4.78 is 0. The summed E-state index contributed by atoms with van der Waals surface area (Å²) in [7, 11) is 0. The van der Waals surface area contributed by atoms with Crippen molar-refractivity contribution < 1.29 is 4.79 Å².